The van der Waals surface area contributed by atoms with E-state index in [2.05, 4.69) is 12.2 Å². The summed E-state index contributed by atoms with van der Waals surface area (Å²) in [7, 11) is 1.72. The summed E-state index contributed by atoms with van der Waals surface area (Å²) in [4.78, 5) is 1.11. The molecule has 96 valence electrons. The first-order valence-corrected chi connectivity index (χ1v) is 6.72. The monoisotopic (exact) mass is 257 g/mol. The number of rotatable bonds is 8. The van der Waals surface area contributed by atoms with Gasteiger partial charge in [0.05, 0.1) is 0 Å². The van der Waals surface area contributed by atoms with E-state index in [0.29, 0.717) is 5.25 Å². The van der Waals surface area contributed by atoms with Crippen LogP contribution in [0.4, 0.5) is 4.39 Å². The maximum Gasteiger partial charge on any atom is 0.123 e. The van der Waals surface area contributed by atoms with Crippen LogP contribution in [-0.2, 0) is 4.74 Å². The number of benzene rings is 1. The Bertz CT molecular complexity index is 305. The Morgan fingerprint density at radius 2 is 2.06 bits per heavy atom. The van der Waals surface area contributed by atoms with Crippen LogP contribution in [0.1, 0.15) is 13.3 Å². The van der Waals surface area contributed by atoms with Crippen LogP contribution in [0.25, 0.3) is 0 Å². The number of halogens is 1. The maximum absolute atomic E-state index is 12.7. The number of thioether (sulfide) groups is 1. The van der Waals surface area contributed by atoms with Gasteiger partial charge in [-0.15, -0.1) is 11.8 Å². The molecule has 0 heterocycles. The highest BCUT2D eigenvalue weighted by atomic mass is 32.2. The summed E-state index contributed by atoms with van der Waals surface area (Å²) in [5.74, 6) is -0.181. The highest BCUT2D eigenvalue weighted by Crippen LogP contribution is 2.22. The van der Waals surface area contributed by atoms with Crippen molar-refractivity contribution in [2.24, 2.45) is 0 Å². The standard InChI is InChI=1S/C13H20FNOS/c1-11(10-15-8-3-9-16-2)17-13-6-4-12(14)5-7-13/h4-7,11,15H,3,8-10H2,1-2H3. The van der Waals surface area contributed by atoms with Crippen LogP contribution < -0.4 is 5.32 Å². The average molecular weight is 257 g/mol. The summed E-state index contributed by atoms with van der Waals surface area (Å²) in [6.07, 6.45) is 1.03. The molecule has 1 aromatic rings. The summed E-state index contributed by atoms with van der Waals surface area (Å²) in [5, 5.41) is 3.85. The van der Waals surface area contributed by atoms with Gasteiger partial charge in [-0.3, -0.25) is 0 Å². The van der Waals surface area contributed by atoms with Gasteiger partial charge in [0.15, 0.2) is 0 Å². The Morgan fingerprint density at radius 3 is 2.71 bits per heavy atom. The predicted molar refractivity (Wildman–Crippen MR) is 71.1 cm³/mol. The van der Waals surface area contributed by atoms with Crippen molar-refractivity contribution >= 4 is 11.8 Å². The van der Waals surface area contributed by atoms with E-state index in [4.69, 9.17) is 4.74 Å². The molecule has 0 aliphatic heterocycles. The van der Waals surface area contributed by atoms with Crippen molar-refractivity contribution in [1.29, 1.82) is 0 Å². The van der Waals surface area contributed by atoms with Crippen LogP contribution >= 0.6 is 11.8 Å². The van der Waals surface area contributed by atoms with Crippen molar-refractivity contribution in [2.45, 2.75) is 23.5 Å². The Balaban J connectivity index is 2.16. The minimum atomic E-state index is -0.181. The Hall–Kier alpha value is -0.580. The van der Waals surface area contributed by atoms with Crippen molar-refractivity contribution in [2.75, 3.05) is 26.8 Å². The molecule has 1 rings (SSSR count). The van der Waals surface area contributed by atoms with Gasteiger partial charge >= 0.3 is 0 Å². The van der Waals surface area contributed by atoms with Gasteiger partial charge in [0.1, 0.15) is 5.82 Å². The molecule has 0 fully saturated rings. The van der Waals surface area contributed by atoms with Gasteiger partial charge in [0.2, 0.25) is 0 Å². The van der Waals surface area contributed by atoms with Gasteiger partial charge in [-0.1, -0.05) is 6.92 Å². The third kappa shape index (κ3) is 6.66. The number of hydrogen-bond acceptors (Lipinski definition) is 3. The highest BCUT2D eigenvalue weighted by Gasteiger charge is 2.03. The van der Waals surface area contributed by atoms with E-state index in [-0.39, 0.29) is 5.82 Å². The SMILES string of the molecule is COCCCNCC(C)Sc1ccc(F)cc1. The second-order valence-corrected chi connectivity index (χ2v) is 5.44. The number of nitrogens with one attached hydrogen (secondary N) is 1. The smallest absolute Gasteiger partial charge is 0.123 e. The molecule has 0 saturated heterocycles. The number of hydrogen-bond donors (Lipinski definition) is 1. The molecule has 0 spiro atoms. The molecule has 1 aromatic carbocycles. The third-order valence-corrected chi connectivity index (χ3v) is 3.40. The second kappa shape index (κ2) is 8.50. The molecule has 1 atom stereocenters. The molecular weight excluding hydrogens is 237 g/mol. The fraction of sp³-hybridized carbons (Fsp3) is 0.538. The normalized spacial score (nSPS) is 12.6. The second-order valence-electron chi connectivity index (χ2n) is 3.93. The molecule has 0 aliphatic carbocycles. The Morgan fingerprint density at radius 1 is 1.35 bits per heavy atom. The zero-order valence-electron chi connectivity index (χ0n) is 10.4. The van der Waals surface area contributed by atoms with Crippen LogP contribution in [0, 0.1) is 5.82 Å². The van der Waals surface area contributed by atoms with Gasteiger partial charge in [0.25, 0.3) is 0 Å². The highest BCUT2D eigenvalue weighted by molar-refractivity contribution is 8.00. The summed E-state index contributed by atoms with van der Waals surface area (Å²) in [6, 6.07) is 6.64. The Kier molecular flexibility index (Phi) is 7.24. The topological polar surface area (TPSA) is 21.3 Å². The van der Waals surface area contributed by atoms with Gasteiger partial charge in [-0.05, 0) is 37.2 Å². The molecule has 0 amide bonds. The lowest BCUT2D eigenvalue weighted by atomic mass is 10.3. The minimum Gasteiger partial charge on any atom is -0.385 e. The largest absolute Gasteiger partial charge is 0.385 e. The summed E-state index contributed by atoms with van der Waals surface area (Å²) < 4.78 is 17.7. The van der Waals surface area contributed by atoms with Crippen molar-refractivity contribution < 1.29 is 9.13 Å². The zero-order valence-corrected chi connectivity index (χ0v) is 11.2. The molecule has 17 heavy (non-hydrogen) atoms. The van der Waals surface area contributed by atoms with Crippen molar-refractivity contribution in [3.05, 3.63) is 30.1 Å². The van der Waals surface area contributed by atoms with Crippen LogP contribution in [-0.4, -0.2) is 32.1 Å². The fourth-order valence-corrected chi connectivity index (χ4v) is 2.39. The number of ether oxygens (including phenoxy) is 1. The molecule has 1 unspecified atom stereocenters. The summed E-state index contributed by atoms with van der Waals surface area (Å²) in [6.45, 7) is 4.89. The van der Waals surface area contributed by atoms with Crippen molar-refractivity contribution in [1.82, 2.24) is 5.32 Å². The first-order chi connectivity index (χ1) is 8.22. The first kappa shape index (κ1) is 14.5. The molecule has 0 bridgehead atoms. The number of methoxy groups -OCH3 is 1. The van der Waals surface area contributed by atoms with E-state index in [9.17, 15) is 4.39 Å². The molecule has 1 N–H and O–H groups in total. The van der Waals surface area contributed by atoms with Gasteiger partial charge in [-0.2, -0.15) is 0 Å². The molecule has 0 saturated carbocycles. The minimum absolute atomic E-state index is 0.181. The van der Waals surface area contributed by atoms with Crippen LogP contribution in [0.2, 0.25) is 0 Å². The zero-order chi connectivity index (χ0) is 12.5. The van der Waals surface area contributed by atoms with E-state index in [1.54, 1.807) is 18.9 Å². The quantitative estimate of drug-likeness (QED) is 0.571. The molecule has 2 nitrogen and oxygen atoms in total. The maximum atomic E-state index is 12.7. The molecule has 0 aromatic heterocycles. The third-order valence-electron chi connectivity index (χ3n) is 2.28. The Labute approximate surface area is 107 Å². The van der Waals surface area contributed by atoms with E-state index in [1.807, 2.05) is 12.1 Å². The van der Waals surface area contributed by atoms with E-state index >= 15 is 0 Å². The lowest BCUT2D eigenvalue weighted by Crippen LogP contribution is -2.24. The van der Waals surface area contributed by atoms with E-state index in [0.717, 1.165) is 31.0 Å². The molecule has 0 radical (unpaired) electrons. The molecule has 4 heteroatoms. The summed E-state index contributed by atoms with van der Waals surface area (Å²) >= 11 is 1.76. The average Bonchev–Trinajstić information content (AvgIpc) is 2.32. The predicted octanol–water partition coefficient (Wildman–Crippen LogP) is 2.93. The van der Waals surface area contributed by atoms with E-state index < -0.39 is 0 Å². The first-order valence-electron chi connectivity index (χ1n) is 5.84. The summed E-state index contributed by atoms with van der Waals surface area (Å²) in [5.41, 5.74) is 0. The van der Waals surface area contributed by atoms with E-state index in [1.165, 1.54) is 12.1 Å². The van der Waals surface area contributed by atoms with Gasteiger partial charge in [-0.25, -0.2) is 4.39 Å². The van der Waals surface area contributed by atoms with Gasteiger partial charge in [0, 0.05) is 30.4 Å². The van der Waals surface area contributed by atoms with Crippen LogP contribution in [0.15, 0.2) is 29.2 Å². The van der Waals surface area contributed by atoms with Gasteiger partial charge < -0.3 is 10.1 Å². The van der Waals surface area contributed by atoms with Crippen LogP contribution in [0.5, 0.6) is 0 Å². The van der Waals surface area contributed by atoms with Crippen molar-refractivity contribution in [3.63, 3.8) is 0 Å². The fourth-order valence-electron chi connectivity index (χ4n) is 1.43. The van der Waals surface area contributed by atoms with Crippen LogP contribution in [0.3, 0.4) is 0 Å². The molecule has 0 aliphatic rings. The van der Waals surface area contributed by atoms with Crippen molar-refractivity contribution in [3.8, 4) is 0 Å². The lowest BCUT2D eigenvalue weighted by molar-refractivity contribution is 0.194. The lowest BCUT2D eigenvalue weighted by Gasteiger charge is -2.12. The molecular formula is C13H20FNOS.